The molecule has 3 rings (SSSR count). The van der Waals surface area contributed by atoms with E-state index in [0.29, 0.717) is 23.9 Å². The zero-order valence-electron chi connectivity index (χ0n) is 11.3. The molecule has 0 aliphatic heterocycles. The predicted molar refractivity (Wildman–Crippen MR) is 73.2 cm³/mol. The van der Waals surface area contributed by atoms with Crippen LogP contribution in [0.25, 0.3) is 11.5 Å². The zero-order chi connectivity index (χ0) is 14.1. The van der Waals surface area contributed by atoms with E-state index in [2.05, 4.69) is 10.1 Å². The van der Waals surface area contributed by atoms with Gasteiger partial charge in [0, 0.05) is 12.6 Å². The van der Waals surface area contributed by atoms with Gasteiger partial charge in [0.25, 0.3) is 0 Å². The van der Waals surface area contributed by atoms with E-state index in [9.17, 15) is 4.79 Å². The third-order valence-corrected chi connectivity index (χ3v) is 3.10. The molecule has 0 fully saturated rings. The highest BCUT2D eigenvalue weighted by atomic mass is 16.4. The minimum Gasteiger partial charge on any atom is -0.441 e. The second-order valence-electron chi connectivity index (χ2n) is 4.57. The van der Waals surface area contributed by atoms with Gasteiger partial charge in [-0.2, -0.15) is 5.10 Å². The molecule has 20 heavy (non-hydrogen) atoms. The molecule has 0 radical (unpaired) electrons. The SMILES string of the molecule is Cc1oc(-c2ccccc2)nc1Cn1ncn(C)c1=O. The Morgan fingerprint density at radius 1 is 1.25 bits per heavy atom. The first-order valence-corrected chi connectivity index (χ1v) is 6.25. The zero-order valence-corrected chi connectivity index (χ0v) is 11.3. The average molecular weight is 270 g/mol. The number of hydrogen-bond donors (Lipinski definition) is 0. The second-order valence-corrected chi connectivity index (χ2v) is 4.57. The van der Waals surface area contributed by atoms with Gasteiger partial charge in [-0.25, -0.2) is 14.5 Å². The fourth-order valence-electron chi connectivity index (χ4n) is 1.95. The third kappa shape index (κ3) is 2.16. The van der Waals surface area contributed by atoms with Crippen molar-refractivity contribution in [1.82, 2.24) is 19.3 Å². The number of hydrogen-bond acceptors (Lipinski definition) is 4. The van der Waals surface area contributed by atoms with Crippen LogP contribution in [-0.2, 0) is 13.6 Å². The number of rotatable bonds is 3. The van der Waals surface area contributed by atoms with Crippen molar-refractivity contribution in [3.8, 4) is 11.5 Å². The lowest BCUT2D eigenvalue weighted by atomic mass is 10.2. The van der Waals surface area contributed by atoms with Crippen LogP contribution in [0.1, 0.15) is 11.5 Å². The maximum Gasteiger partial charge on any atom is 0.345 e. The van der Waals surface area contributed by atoms with E-state index in [4.69, 9.17) is 4.42 Å². The molecule has 0 spiro atoms. The standard InChI is InChI=1S/C14H14N4O2/c1-10-12(8-18-14(19)17(2)9-15-18)16-13(20-10)11-6-4-3-5-7-11/h3-7,9H,8H2,1-2H3. The molecule has 0 unspecified atom stereocenters. The summed E-state index contributed by atoms with van der Waals surface area (Å²) in [5, 5.41) is 4.02. The van der Waals surface area contributed by atoms with Gasteiger partial charge >= 0.3 is 5.69 Å². The van der Waals surface area contributed by atoms with E-state index in [1.54, 1.807) is 7.05 Å². The van der Waals surface area contributed by atoms with Gasteiger partial charge in [-0.05, 0) is 19.1 Å². The first-order valence-electron chi connectivity index (χ1n) is 6.25. The lowest BCUT2D eigenvalue weighted by Crippen LogP contribution is -2.23. The largest absolute Gasteiger partial charge is 0.441 e. The van der Waals surface area contributed by atoms with Crippen LogP contribution >= 0.6 is 0 Å². The molecule has 1 aromatic carbocycles. The molecule has 0 bridgehead atoms. The molecule has 0 aliphatic rings. The summed E-state index contributed by atoms with van der Waals surface area (Å²) in [7, 11) is 1.66. The lowest BCUT2D eigenvalue weighted by Gasteiger charge is -1.95. The molecule has 102 valence electrons. The van der Waals surface area contributed by atoms with Crippen LogP contribution in [0.4, 0.5) is 0 Å². The summed E-state index contributed by atoms with van der Waals surface area (Å²) in [6, 6.07) is 9.66. The molecule has 0 saturated heterocycles. The Labute approximate surface area is 115 Å². The molecular weight excluding hydrogens is 256 g/mol. The van der Waals surface area contributed by atoms with E-state index >= 15 is 0 Å². The van der Waals surface area contributed by atoms with Gasteiger partial charge in [0.2, 0.25) is 5.89 Å². The van der Waals surface area contributed by atoms with Crippen LogP contribution in [0.5, 0.6) is 0 Å². The van der Waals surface area contributed by atoms with Crippen molar-refractivity contribution in [1.29, 1.82) is 0 Å². The maximum absolute atomic E-state index is 11.8. The Kier molecular flexibility index (Phi) is 2.98. The number of benzene rings is 1. The highest BCUT2D eigenvalue weighted by molar-refractivity contribution is 5.53. The summed E-state index contributed by atoms with van der Waals surface area (Å²) in [5.41, 5.74) is 1.45. The molecule has 3 aromatic rings. The summed E-state index contributed by atoms with van der Waals surface area (Å²) >= 11 is 0. The summed E-state index contributed by atoms with van der Waals surface area (Å²) < 4.78 is 8.44. The molecule has 2 aromatic heterocycles. The van der Waals surface area contributed by atoms with Crippen molar-refractivity contribution in [3.63, 3.8) is 0 Å². The molecule has 6 nitrogen and oxygen atoms in total. The fourth-order valence-corrected chi connectivity index (χ4v) is 1.95. The van der Waals surface area contributed by atoms with Crippen molar-refractivity contribution in [2.24, 2.45) is 7.05 Å². The van der Waals surface area contributed by atoms with Crippen molar-refractivity contribution in [2.45, 2.75) is 13.5 Å². The topological polar surface area (TPSA) is 65.8 Å². The van der Waals surface area contributed by atoms with Crippen molar-refractivity contribution in [2.75, 3.05) is 0 Å². The van der Waals surface area contributed by atoms with E-state index in [1.165, 1.54) is 15.6 Å². The van der Waals surface area contributed by atoms with Gasteiger partial charge in [0.1, 0.15) is 17.8 Å². The molecule has 0 saturated carbocycles. The van der Waals surface area contributed by atoms with Crippen LogP contribution in [-0.4, -0.2) is 19.3 Å². The van der Waals surface area contributed by atoms with Crippen LogP contribution in [0.2, 0.25) is 0 Å². The molecule has 0 aliphatic carbocycles. The molecule has 6 heteroatoms. The van der Waals surface area contributed by atoms with E-state index in [-0.39, 0.29) is 5.69 Å². The second kappa shape index (κ2) is 4.80. The molecule has 0 N–H and O–H groups in total. The molecule has 0 atom stereocenters. The minimum atomic E-state index is -0.173. The average Bonchev–Trinajstić information content (AvgIpc) is 2.98. The summed E-state index contributed by atoms with van der Waals surface area (Å²) in [4.78, 5) is 16.2. The van der Waals surface area contributed by atoms with Crippen molar-refractivity contribution in [3.05, 3.63) is 58.6 Å². The van der Waals surface area contributed by atoms with Crippen LogP contribution in [0.3, 0.4) is 0 Å². The van der Waals surface area contributed by atoms with Gasteiger partial charge in [-0.3, -0.25) is 4.57 Å². The van der Waals surface area contributed by atoms with Gasteiger partial charge in [0.05, 0.1) is 6.54 Å². The van der Waals surface area contributed by atoms with E-state index < -0.39 is 0 Å². The number of aryl methyl sites for hydroxylation is 2. The Morgan fingerprint density at radius 3 is 2.65 bits per heavy atom. The highest BCUT2D eigenvalue weighted by Crippen LogP contribution is 2.21. The van der Waals surface area contributed by atoms with Crippen LogP contribution in [0.15, 0.2) is 45.9 Å². The summed E-state index contributed by atoms with van der Waals surface area (Å²) in [5.74, 6) is 1.25. The normalized spacial score (nSPS) is 10.9. The molecular formula is C14H14N4O2. The Balaban J connectivity index is 1.94. The summed E-state index contributed by atoms with van der Waals surface area (Å²) in [6.07, 6.45) is 1.48. The molecule has 2 heterocycles. The van der Waals surface area contributed by atoms with Gasteiger partial charge in [0.15, 0.2) is 0 Å². The lowest BCUT2D eigenvalue weighted by molar-refractivity contribution is 0.534. The predicted octanol–water partition coefficient (Wildman–Crippen LogP) is 1.59. The van der Waals surface area contributed by atoms with E-state index in [0.717, 1.165) is 5.56 Å². The van der Waals surface area contributed by atoms with Crippen molar-refractivity contribution < 1.29 is 4.42 Å². The first-order chi connectivity index (χ1) is 9.65. The first kappa shape index (κ1) is 12.4. The van der Waals surface area contributed by atoms with Gasteiger partial charge in [-0.15, -0.1) is 0 Å². The number of nitrogens with zero attached hydrogens (tertiary/aromatic N) is 4. The summed E-state index contributed by atoms with van der Waals surface area (Å²) in [6.45, 7) is 2.14. The number of aromatic nitrogens is 4. The van der Waals surface area contributed by atoms with Gasteiger partial charge < -0.3 is 4.42 Å². The van der Waals surface area contributed by atoms with Gasteiger partial charge in [-0.1, -0.05) is 18.2 Å². The van der Waals surface area contributed by atoms with Crippen LogP contribution in [0, 0.1) is 6.92 Å². The Bertz CT molecular complexity index is 783. The Hall–Kier alpha value is -2.63. The third-order valence-electron chi connectivity index (χ3n) is 3.10. The fraction of sp³-hybridized carbons (Fsp3) is 0.214. The van der Waals surface area contributed by atoms with E-state index in [1.807, 2.05) is 37.3 Å². The molecule has 0 amide bonds. The minimum absolute atomic E-state index is 0.173. The maximum atomic E-state index is 11.8. The monoisotopic (exact) mass is 270 g/mol. The quantitative estimate of drug-likeness (QED) is 0.725. The van der Waals surface area contributed by atoms with Crippen LogP contribution < -0.4 is 5.69 Å². The highest BCUT2D eigenvalue weighted by Gasteiger charge is 2.13. The van der Waals surface area contributed by atoms with Crippen molar-refractivity contribution >= 4 is 0 Å². The number of oxazole rings is 1. The Morgan fingerprint density at radius 2 is 2.00 bits per heavy atom. The smallest absolute Gasteiger partial charge is 0.345 e.